The van der Waals surface area contributed by atoms with Crippen molar-refractivity contribution >= 4 is 17.7 Å². The number of hydroxylamine groups is 1. The molecule has 0 aliphatic carbocycles. The minimum absolute atomic E-state index is 0.0357. The Morgan fingerprint density at radius 2 is 1.92 bits per heavy atom. The van der Waals surface area contributed by atoms with E-state index >= 15 is 0 Å². The number of carbonyl (C=O) groups excluding carboxylic acids is 2. The number of carbonyl (C=O) groups is 2. The summed E-state index contributed by atoms with van der Waals surface area (Å²) in [7, 11) is 1.08. The van der Waals surface area contributed by atoms with E-state index in [0.29, 0.717) is 0 Å². The molecule has 2 rings (SSSR count). The van der Waals surface area contributed by atoms with Crippen LogP contribution in [-0.2, 0) is 14.4 Å². The minimum Gasteiger partial charge on any atom is -0.467 e. The molecule has 1 aromatic rings. The summed E-state index contributed by atoms with van der Waals surface area (Å²) in [6.07, 6.45) is -6.31. The molecule has 1 saturated heterocycles. The lowest BCUT2D eigenvalue weighted by Gasteiger charge is -2.29. The molecule has 1 aliphatic heterocycles. The van der Waals surface area contributed by atoms with Gasteiger partial charge in [0.1, 0.15) is 6.04 Å². The number of benzene rings is 1. The smallest absolute Gasteiger partial charge is 0.467 e. The molecule has 0 radical (unpaired) electrons. The fraction of sp³-hybridized carbons (Fsp3) is 0.429. The predicted octanol–water partition coefficient (Wildman–Crippen LogP) is 1.67. The predicted molar refractivity (Wildman–Crippen MR) is 74.6 cm³/mol. The average molecular weight is 348 g/mol. The van der Waals surface area contributed by atoms with Crippen molar-refractivity contribution in [1.29, 1.82) is 0 Å². The SMILES string of the molecule is COC(=O)C1CC(O)CN1C(=O)N(OC(F)(F)F)c1ccccc1. The Bertz CT molecular complexity index is 596. The average Bonchev–Trinajstić information content (AvgIpc) is 2.93. The van der Waals surface area contributed by atoms with Crippen LogP contribution in [0.2, 0.25) is 0 Å². The number of amides is 2. The molecule has 132 valence electrons. The first-order valence-electron chi connectivity index (χ1n) is 6.90. The number of rotatable bonds is 3. The molecule has 0 spiro atoms. The van der Waals surface area contributed by atoms with Crippen LogP contribution in [-0.4, -0.2) is 54.2 Å². The standard InChI is InChI=1S/C14H15F3N2O5/c1-23-12(21)11-7-10(20)8-18(11)13(22)19(24-14(15,16)17)9-5-3-2-4-6-9/h2-6,10-11,20H,7-8H2,1H3. The maximum absolute atomic E-state index is 12.7. The summed E-state index contributed by atoms with van der Waals surface area (Å²) in [5, 5.41) is 9.70. The van der Waals surface area contributed by atoms with E-state index in [1.807, 2.05) is 0 Å². The van der Waals surface area contributed by atoms with E-state index in [2.05, 4.69) is 9.57 Å². The second-order valence-electron chi connectivity index (χ2n) is 5.03. The zero-order valence-electron chi connectivity index (χ0n) is 12.6. The lowest BCUT2D eigenvalue weighted by atomic mass is 10.2. The van der Waals surface area contributed by atoms with Crippen molar-refractivity contribution in [2.45, 2.75) is 24.9 Å². The van der Waals surface area contributed by atoms with Gasteiger partial charge in [0.05, 0.1) is 18.9 Å². The topological polar surface area (TPSA) is 79.3 Å². The summed E-state index contributed by atoms with van der Waals surface area (Å²) in [4.78, 5) is 28.8. The number of ether oxygens (including phenoxy) is 1. The third-order valence-electron chi connectivity index (χ3n) is 3.36. The van der Waals surface area contributed by atoms with Crippen LogP contribution in [0.1, 0.15) is 6.42 Å². The maximum Gasteiger partial charge on any atom is 0.544 e. The summed E-state index contributed by atoms with van der Waals surface area (Å²) in [5.41, 5.74) is -0.176. The van der Waals surface area contributed by atoms with Gasteiger partial charge in [-0.2, -0.15) is 9.90 Å². The molecule has 1 heterocycles. The van der Waals surface area contributed by atoms with Gasteiger partial charge in [-0.25, -0.2) is 9.59 Å². The fourth-order valence-corrected chi connectivity index (χ4v) is 2.37. The van der Waals surface area contributed by atoms with Gasteiger partial charge in [0.25, 0.3) is 0 Å². The van der Waals surface area contributed by atoms with E-state index in [0.717, 1.165) is 12.0 Å². The molecule has 2 atom stereocenters. The van der Waals surface area contributed by atoms with Crippen LogP contribution >= 0.6 is 0 Å². The first-order valence-corrected chi connectivity index (χ1v) is 6.90. The summed E-state index contributed by atoms with van der Waals surface area (Å²) in [6, 6.07) is 4.45. The molecule has 10 heteroatoms. The first kappa shape index (κ1) is 18.0. The van der Waals surface area contributed by atoms with Crippen molar-refractivity contribution < 1.29 is 37.4 Å². The van der Waals surface area contributed by atoms with Gasteiger partial charge >= 0.3 is 18.4 Å². The number of aliphatic hydroxyl groups is 1. The van der Waals surface area contributed by atoms with Crippen LogP contribution in [0, 0.1) is 0 Å². The van der Waals surface area contributed by atoms with Crippen molar-refractivity contribution in [3.05, 3.63) is 30.3 Å². The van der Waals surface area contributed by atoms with Gasteiger partial charge in [0.2, 0.25) is 0 Å². The van der Waals surface area contributed by atoms with Gasteiger partial charge in [0.15, 0.2) is 0 Å². The quantitative estimate of drug-likeness (QED) is 0.664. The zero-order chi connectivity index (χ0) is 17.9. The van der Waals surface area contributed by atoms with E-state index < -0.39 is 30.5 Å². The zero-order valence-corrected chi connectivity index (χ0v) is 12.6. The number of methoxy groups -OCH3 is 1. The Morgan fingerprint density at radius 3 is 2.46 bits per heavy atom. The van der Waals surface area contributed by atoms with Gasteiger partial charge in [0, 0.05) is 13.0 Å². The van der Waals surface area contributed by atoms with Crippen molar-refractivity contribution in [2.24, 2.45) is 0 Å². The number of likely N-dealkylation sites (tertiary alicyclic amines) is 1. The van der Waals surface area contributed by atoms with Crippen molar-refractivity contribution in [3.8, 4) is 0 Å². The summed E-state index contributed by atoms with van der Waals surface area (Å²) in [5.74, 6) is -0.833. The number of urea groups is 1. The number of alkyl halides is 3. The van der Waals surface area contributed by atoms with Crippen LogP contribution < -0.4 is 5.06 Å². The Labute approximate surface area is 135 Å². The second-order valence-corrected chi connectivity index (χ2v) is 5.03. The second kappa shape index (κ2) is 7.05. The molecule has 1 fully saturated rings. The minimum atomic E-state index is -5.12. The van der Waals surface area contributed by atoms with E-state index in [-0.39, 0.29) is 23.7 Å². The molecule has 1 aliphatic rings. The number of anilines is 1. The van der Waals surface area contributed by atoms with Crippen molar-refractivity contribution in [2.75, 3.05) is 18.7 Å². The first-order chi connectivity index (χ1) is 11.2. The normalized spacial score (nSPS) is 20.8. The van der Waals surface area contributed by atoms with E-state index in [1.165, 1.54) is 24.3 Å². The highest BCUT2D eigenvalue weighted by Gasteiger charge is 2.45. The molecule has 2 unspecified atom stereocenters. The van der Waals surface area contributed by atoms with Crippen LogP contribution in [0.3, 0.4) is 0 Å². The highest BCUT2D eigenvalue weighted by atomic mass is 19.4. The number of aliphatic hydroxyl groups excluding tert-OH is 1. The van der Waals surface area contributed by atoms with Crippen molar-refractivity contribution in [1.82, 2.24) is 4.90 Å². The van der Waals surface area contributed by atoms with Gasteiger partial charge < -0.3 is 14.7 Å². The Balaban J connectivity index is 2.31. The summed E-state index contributed by atoms with van der Waals surface area (Å²) < 4.78 is 42.5. The lowest BCUT2D eigenvalue weighted by molar-refractivity contribution is -0.325. The molecule has 1 aromatic carbocycles. The maximum atomic E-state index is 12.7. The molecule has 24 heavy (non-hydrogen) atoms. The third-order valence-corrected chi connectivity index (χ3v) is 3.36. The highest BCUT2D eigenvalue weighted by molar-refractivity contribution is 5.93. The van der Waals surface area contributed by atoms with Crippen molar-refractivity contribution in [3.63, 3.8) is 0 Å². The number of nitrogens with zero attached hydrogens (tertiary/aromatic N) is 2. The largest absolute Gasteiger partial charge is 0.544 e. The van der Waals surface area contributed by atoms with E-state index in [1.54, 1.807) is 6.07 Å². The summed E-state index contributed by atoms with van der Waals surface area (Å²) in [6.45, 7) is -0.316. The van der Waals surface area contributed by atoms with Crippen LogP contribution in [0.25, 0.3) is 0 Å². The molecule has 0 aromatic heterocycles. The van der Waals surface area contributed by atoms with Gasteiger partial charge in [-0.1, -0.05) is 18.2 Å². The summed E-state index contributed by atoms with van der Waals surface area (Å²) >= 11 is 0. The third kappa shape index (κ3) is 4.15. The molecule has 7 nitrogen and oxygen atoms in total. The Hall–Kier alpha value is -2.33. The Kier molecular flexibility index (Phi) is 5.30. The molecule has 2 amide bonds. The fourth-order valence-electron chi connectivity index (χ4n) is 2.37. The molecular formula is C14H15F3N2O5. The van der Waals surface area contributed by atoms with Gasteiger partial charge in [-0.05, 0) is 12.1 Å². The Morgan fingerprint density at radius 1 is 1.29 bits per heavy atom. The highest BCUT2D eigenvalue weighted by Crippen LogP contribution is 2.28. The van der Waals surface area contributed by atoms with E-state index in [4.69, 9.17) is 0 Å². The molecular weight excluding hydrogens is 333 g/mol. The molecule has 0 bridgehead atoms. The van der Waals surface area contributed by atoms with Crippen LogP contribution in [0.5, 0.6) is 0 Å². The molecule has 0 saturated carbocycles. The monoisotopic (exact) mass is 348 g/mol. The number of hydrogen-bond donors (Lipinski definition) is 1. The van der Waals surface area contributed by atoms with Gasteiger partial charge in [-0.15, -0.1) is 13.2 Å². The number of esters is 1. The lowest BCUT2D eigenvalue weighted by Crippen LogP contribution is -2.50. The van der Waals surface area contributed by atoms with Crippen LogP contribution in [0.4, 0.5) is 23.7 Å². The van der Waals surface area contributed by atoms with Gasteiger partial charge in [-0.3, -0.25) is 0 Å². The molecule has 1 N–H and O–H groups in total. The number of β-amino-alcohol motifs (C(OH)–C–C–N with tert-alkyl or cyclic N) is 1. The number of hydrogen-bond acceptors (Lipinski definition) is 5. The van der Waals surface area contributed by atoms with Crippen LogP contribution in [0.15, 0.2) is 30.3 Å². The number of para-hydroxylation sites is 1. The number of halogens is 3. The van der Waals surface area contributed by atoms with E-state index in [9.17, 15) is 27.9 Å².